The average molecular weight is 323 g/mol. The van der Waals surface area contributed by atoms with Gasteiger partial charge in [-0.2, -0.15) is 0 Å². The van der Waals surface area contributed by atoms with Crippen LogP contribution in [0, 0.1) is 29.5 Å². The number of hydrogen-bond donors (Lipinski definition) is 3. The second kappa shape index (κ2) is 5.19. The monoisotopic (exact) mass is 323 g/mol. The lowest BCUT2D eigenvalue weighted by atomic mass is 9.78. The predicted octanol–water partition coefficient (Wildman–Crippen LogP) is 1.13. The standard InChI is InChI=1S/C16H18FNO5/c1-23-11-3-2-7(5-10(11)17)4-8-6-9-12(14(19)20)13(9)16(8,18)15(21)22/h2-3,5,8-9,12-13H,4,6,18H2,1H3,(H,19,20)(H,21,22). The van der Waals surface area contributed by atoms with Crippen molar-refractivity contribution in [2.24, 2.45) is 29.4 Å². The zero-order valence-electron chi connectivity index (χ0n) is 12.5. The van der Waals surface area contributed by atoms with Crippen LogP contribution in [0.1, 0.15) is 12.0 Å². The summed E-state index contributed by atoms with van der Waals surface area (Å²) in [5.74, 6) is -4.44. The van der Waals surface area contributed by atoms with Crippen molar-refractivity contribution in [1.82, 2.24) is 0 Å². The molecule has 7 heteroatoms. The van der Waals surface area contributed by atoms with E-state index in [4.69, 9.17) is 15.6 Å². The molecule has 3 rings (SSSR count). The van der Waals surface area contributed by atoms with Crippen LogP contribution in [0.4, 0.5) is 4.39 Å². The molecule has 6 nitrogen and oxygen atoms in total. The summed E-state index contributed by atoms with van der Waals surface area (Å²) in [5, 5.41) is 18.7. The fourth-order valence-electron chi connectivity index (χ4n) is 4.14. The molecule has 0 bridgehead atoms. The number of rotatable bonds is 5. The number of ether oxygens (including phenoxy) is 1. The number of carboxylic acids is 2. The Kier molecular flexibility index (Phi) is 3.55. The lowest BCUT2D eigenvalue weighted by Gasteiger charge is -2.31. The van der Waals surface area contributed by atoms with Gasteiger partial charge in [-0.05, 0) is 42.4 Å². The zero-order chi connectivity index (χ0) is 16.9. The second-order valence-corrected chi connectivity index (χ2v) is 6.40. The van der Waals surface area contributed by atoms with Gasteiger partial charge >= 0.3 is 11.9 Å². The highest BCUT2D eigenvalue weighted by molar-refractivity contribution is 5.85. The summed E-state index contributed by atoms with van der Waals surface area (Å²) < 4.78 is 18.6. The fourth-order valence-corrected chi connectivity index (χ4v) is 4.14. The van der Waals surface area contributed by atoms with Gasteiger partial charge in [-0.15, -0.1) is 0 Å². The Morgan fingerprint density at radius 1 is 1.43 bits per heavy atom. The minimum absolute atomic E-state index is 0.117. The summed E-state index contributed by atoms with van der Waals surface area (Å²) in [6, 6.07) is 4.46. The molecule has 124 valence electrons. The molecule has 0 saturated heterocycles. The number of hydrogen-bond acceptors (Lipinski definition) is 4. The Balaban J connectivity index is 1.83. The largest absolute Gasteiger partial charge is 0.494 e. The highest BCUT2D eigenvalue weighted by Gasteiger charge is 2.73. The van der Waals surface area contributed by atoms with E-state index in [2.05, 4.69) is 0 Å². The normalized spacial score (nSPS) is 34.7. The van der Waals surface area contributed by atoms with Crippen molar-refractivity contribution >= 4 is 11.9 Å². The molecule has 2 saturated carbocycles. The van der Waals surface area contributed by atoms with Crippen LogP contribution in [-0.4, -0.2) is 34.8 Å². The molecule has 0 amide bonds. The maximum atomic E-state index is 13.8. The van der Waals surface area contributed by atoms with Crippen LogP contribution in [0.2, 0.25) is 0 Å². The molecule has 2 aliphatic carbocycles. The number of carboxylic acid groups (broad SMARTS) is 2. The van der Waals surface area contributed by atoms with Crippen molar-refractivity contribution in [3.05, 3.63) is 29.6 Å². The molecule has 0 aromatic heterocycles. The number of aliphatic carboxylic acids is 2. The van der Waals surface area contributed by atoms with Crippen molar-refractivity contribution in [2.75, 3.05) is 7.11 Å². The van der Waals surface area contributed by atoms with E-state index in [0.717, 1.165) is 0 Å². The van der Waals surface area contributed by atoms with E-state index in [0.29, 0.717) is 18.4 Å². The summed E-state index contributed by atoms with van der Waals surface area (Å²) in [4.78, 5) is 22.8. The van der Waals surface area contributed by atoms with Crippen molar-refractivity contribution < 1.29 is 28.9 Å². The van der Waals surface area contributed by atoms with Gasteiger partial charge in [-0.3, -0.25) is 9.59 Å². The van der Waals surface area contributed by atoms with Gasteiger partial charge < -0.3 is 20.7 Å². The van der Waals surface area contributed by atoms with E-state index in [1.54, 1.807) is 6.07 Å². The van der Waals surface area contributed by atoms with Gasteiger partial charge in [-0.25, -0.2) is 4.39 Å². The predicted molar refractivity (Wildman–Crippen MR) is 77.4 cm³/mol. The van der Waals surface area contributed by atoms with Crippen molar-refractivity contribution in [3.8, 4) is 5.75 Å². The summed E-state index contributed by atoms with van der Waals surface area (Å²) >= 11 is 0. The highest BCUT2D eigenvalue weighted by Crippen LogP contribution is 2.64. The van der Waals surface area contributed by atoms with Crippen LogP contribution in [0.3, 0.4) is 0 Å². The van der Waals surface area contributed by atoms with Gasteiger partial charge in [0.05, 0.1) is 13.0 Å². The van der Waals surface area contributed by atoms with Crippen LogP contribution >= 0.6 is 0 Å². The van der Waals surface area contributed by atoms with Gasteiger partial charge in [0, 0.05) is 5.92 Å². The lowest BCUT2D eigenvalue weighted by molar-refractivity contribution is -0.147. The van der Waals surface area contributed by atoms with Crippen LogP contribution in [0.25, 0.3) is 0 Å². The van der Waals surface area contributed by atoms with Crippen LogP contribution < -0.4 is 10.5 Å². The Labute approximate surface area is 132 Å². The third-order valence-corrected chi connectivity index (χ3v) is 5.31. The molecule has 4 N–H and O–H groups in total. The van der Waals surface area contributed by atoms with E-state index >= 15 is 0 Å². The molecule has 2 aliphatic rings. The summed E-state index contributed by atoms with van der Waals surface area (Å²) in [6.45, 7) is 0. The summed E-state index contributed by atoms with van der Waals surface area (Å²) in [7, 11) is 1.37. The maximum absolute atomic E-state index is 13.8. The highest BCUT2D eigenvalue weighted by atomic mass is 19.1. The number of fused-ring (bicyclic) bond motifs is 1. The first-order chi connectivity index (χ1) is 10.8. The van der Waals surface area contributed by atoms with Crippen LogP contribution in [0.15, 0.2) is 18.2 Å². The Bertz CT molecular complexity index is 678. The van der Waals surface area contributed by atoms with Gasteiger partial charge in [-0.1, -0.05) is 6.07 Å². The molecule has 0 spiro atoms. The number of benzene rings is 1. The molecule has 0 aliphatic heterocycles. The van der Waals surface area contributed by atoms with E-state index in [1.807, 2.05) is 0 Å². The lowest BCUT2D eigenvalue weighted by Crippen LogP contribution is -2.55. The minimum Gasteiger partial charge on any atom is -0.494 e. The Morgan fingerprint density at radius 3 is 2.65 bits per heavy atom. The Morgan fingerprint density at radius 2 is 2.13 bits per heavy atom. The first-order valence-corrected chi connectivity index (χ1v) is 7.38. The third-order valence-electron chi connectivity index (χ3n) is 5.31. The van der Waals surface area contributed by atoms with E-state index in [-0.39, 0.29) is 11.7 Å². The van der Waals surface area contributed by atoms with Gasteiger partial charge in [0.1, 0.15) is 5.54 Å². The molecule has 0 radical (unpaired) electrons. The van der Waals surface area contributed by atoms with Gasteiger partial charge in [0.2, 0.25) is 0 Å². The smallest absolute Gasteiger partial charge is 0.324 e. The van der Waals surface area contributed by atoms with Crippen molar-refractivity contribution in [1.29, 1.82) is 0 Å². The third kappa shape index (κ3) is 2.26. The molecule has 23 heavy (non-hydrogen) atoms. The second-order valence-electron chi connectivity index (χ2n) is 6.40. The van der Waals surface area contributed by atoms with Gasteiger partial charge in [0.15, 0.2) is 11.6 Å². The maximum Gasteiger partial charge on any atom is 0.324 e. The van der Waals surface area contributed by atoms with Gasteiger partial charge in [0.25, 0.3) is 0 Å². The SMILES string of the molecule is COc1ccc(CC2CC3C(C(=O)O)C3C2(N)C(=O)O)cc1F. The number of carbonyl (C=O) groups is 2. The van der Waals surface area contributed by atoms with E-state index in [9.17, 15) is 19.1 Å². The first kappa shape index (κ1) is 15.7. The fraction of sp³-hybridized carbons (Fsp3) is 0.500. The average Bonchev–Trinajstić information content (AvgIpc) is 3.13. The molecular weight excluding hydrogens is 305 g/mol. The number of halogens is 1. The number of nitrogens with two attached hydrogens (primary N) is 1. The zero-order valence-corrected chi connectivity index (χ0v) is 12.5. The molecule has 1 aromatic carbocycles. The molecule has 5 unspecified atom stereocenters. The minimum atomic E-state index is -1.58. The van der Waals surface area contributed by atoms with E-state index < -0.39 is 41.0 Å². The molecule has 0 heterocycles. The summed E-state index contributed by atoms with van der Waals surface area (Å²) in [6.07, 6.45) is 0.723. The van der Waals surface area contributed by atoms with Crippen molar-refractivity contribution in [3.63, 3.8) is 0 Å². The van der Waals surface area contributed by atoms with Crippen LogP contribution in [0.5, 0.6) is 5.75 Å². The summed E-state index contributed by atoms with van der Waals surface area (Å²) in [5.41, 5.74) is 5.16. The topological polar surface area (TPSA) is 110 Å². The van der Waals surface area contributed by atoms with E-state index in [1.165, 1.54) is 19.2 Å². The molecular formula is C16H18FNO5. The van der Waals surface area contributed by atoms with Crippen molar-refractivity contribution in [2.45, 2.75) is 18.4 Å². The first-order valence-electron chi connectivity index (χ1n) is 7.38. The number of methoxy groups -OCH3 is 1. The molecule has 1 aromatic rings. The van der Waals surface area contributed by atoms with Crippen LogP contribution in [-0.2, 0) is 16.0 Å². The molecule has 5 atom stereocenters. The Hall–Kier alpha value is -2.15. The quantitative estimate of drug-likeness (QED) is 0.749. The molecule has 2 fully saturated rings.